The predicted molar refractivity (Wildman–Crippen MR) is 76.6 cm³/mol. The van der Waals surface area contributed by atoms with Crippen LogP contribution < -0.4 is 4.74 Å². The SMILES string of the molecule is COc1cc(C2CCCC(=O)C2)ccc1CN(C)C. The number of benzene rings is 1. The van der Waals surface area contributed by atoms with E-state index in [1.807, 2.05) is 14.1 Å². The Hall–Kier alpha value is -1.35. The van der Waals surface area contributed by atoms with E-state index in [4.69, 9.17) is 4.74 Å². The van der Waals surface area contributed by atoms with E-state index in [2.05, 4.69) is 23.1 Å². The van der Waals surface area contributed by atoms with Gasteiger partial charge in [-0.15, -0.1) is 0 Å². The molecule has 0 N–H and O–H groups in total. The number of carbonyl (C=O) groups is 1. The Morgan fingerprint density at radius 2 is 2.16 bits per heavy atom. The summed E-state index contributed by atoms with van der Waals surface area (Å²) in [6.45, 7) is 0.868. The van der Waals surface area contributed by atoms with Gasteiger partial charge in [0.1, 0.15) is 11.5 Å². The van der Waals surface area contributed by atoms with Crippen LogP contribution in [0.3, 0.4) is 0 Å². The third kappa shape index (κ3) is 3.57. The van der Waals surface area contributed by atoms with E-state index in [9.17, 15) is 4.79 Å². The molecule has 0 aliphatic heterocycles. The first-order chi connectivity index (χ1) is 9.10. The molecule has 0 spiro atoms. The molecule has 19 heavy (non-hydrogen) atoms. The molecular formula is C16H23NO2. The summed E-state index contributed by atoms with van der Waals surface area (Å²) >= 11 is 0. The van der Waals surface area contributed by atoms with Crippen molar-refractivity contribution < 1.29 is 9.53 Å². The molecule has 3 nitrogen and oxygen atoms in total. The van der Waals surface area contributed by atoms with E-state index in [0.717, 1.165) is 31.6 Å². The van der Waals surface area contributed by atoms with Crippen LogP contribution in [-0.4, -0.2) is 31.9 Å². The summed E-state index contributed by atoms with van der Waals surface area (Å²) < 4.78 is 5.49. The first-order valence-electron chi connectivity index (χ1n) is 6.93. The lowest BCUT2D eigenvalue weighted by Gasteiger charge is -2.22. The maximum Gasteiger partial charge on any atom is 0.133 e. The van der Waals surface area contributed by atoms with E-state index in [1.165, 1.54) is 11.1 Å². The van der Waals surface area contributed by atoms with Gasteiger partial charge in [0.2, 0.25) is 0 Å². The van der Waals surface area contributed by atoms with Gasteiger partial charge in [0.25, 0.3) is 0 Å². The molecule has 1 atom stereocenters. The Kier molecular flexibility index (Phi) is 4.59. The molecule has 1 unspecified atom stereocenters. The van der Waals surface area contributed by atoms with E-state index in [-0.39, 0.29) is 0 Å². The zero-order valence-electron chi connectivity index (χ0n) is 12.1. The minimum Gasteiger partial charge on any atom is -0.496 e. The van der Waals surface area contributed by atoms with Crippen LogP contribution in [0.25, 0.3) is 0 Å². The largest absolute Gasteiger partial charge is 0.496 e. The lowest BCUT2D eigenvalue weighted by atomic mass is 9.83. The molecule has 1 fully saturated rings. The molecule has 1 aliphatic rings. The van der Waals surface area contributed by atoms with Gasteiger partial charge in [-0.1, -0.05) is 12.1 Å². The van der Waals surface area contributed by atoms with Crippen molar-refractivity contribution in [3.05, 3.63) is 29.3 Å². The van der Waals surface area contributed by atoms with Gasteiger partial charge in [-0.25, -0.2) is 0 Å². The number of hydrogen-bond donors (Lipinski definition) is 0. The number of ketones is 1. The third-order valence-corrected chi connectivity index (χ3v) is 3.75. The molecule has 0 bridgehead atoms. The molecule has 0 amide bonds. The number of hydrogen-bond acceptors (Lipinski definition) is 3. The van der Waals surface area contributed by atoms with Crippen LogP contribution in [-0.2, 0) is 11.3 Å². The molecule has 3 heteroatoms. The normalized spacial score (nSPS) is 19.8. The van der Waals surface area contributed by atoms with Gasteiger partial charge in [0.05, 0.1) is 7.11 Å². The number of Topliss-reactive ketones (excluding diaryl/α,β-unsaturated/α-hetero) is 1. The molecule has 104 valence electrons. The quantitative estimate of drug-likeness (QED) is 0.834. The van der Waals surface area contributed by atoms with Crippen LogP contribution in [0, 0.1) is 0 Å². The van der Waals surface area contributed by atoms with Crippen LogP contribution in [0.5, 0.6) is 5.75 Å². The minimum atomic E-state index is 0.378. The Balaban J connectivity index is 2.20. The Morgan fingerprint density at radius 3 is 2.79 bits per heavy atom. The monoisotopic (exact) mass is 261 g/mol. The second-order valence-electron chi connectivity index (χ2n) is 5.64. The van der Waals surface area contributed by atoms with Gasteiger partial charge >= 0.3 is 0 Å². The second-order valence-corrected chi connectivity index (χ2v) is 5.64. The number of rotatable bonds is 4. The van der Waals surface area contributed by atoms with Crippen molar-refractivity contribution in [2.45, 2.75) is 38.1 Å². The van der Waals surface area contributed by atoms with Gasteiger partial charge in [-0.05, 0) is 44.5 Å². The summed E-state index contributed by atoms with van der Waals surface area (Å²) in [4.78, 5) is 13.7. The van der Waals surface area contributed by atoms with Crippen molar-refractivity contribution in [2.75, 3.05) is 21.2 Å². The van der Waals surface area contributed by atoms with Crippen molar-refractivity contribution in [1.82, 2.24) is 4.90 Å². The fourth-order valence-electron chi connectivity index (χ4n) is 2.80. The molecule has 1 aliphatic carbocycles. The van der Waals surface area contributed by atoms with E-state index in [0.29, 0.717) is 18.1 Å². The predicted octanol–water partition coefficient (Wildman–Crippen LogP) is 2.98. The number of nitrogens with zero attached hydrogens (tertiary/aromatic N) is 1. The molecule has 0 heterocycles. The molecule has 0 radical (unpaired) electrons. The average molecular weight is 261 g/mol. The summed E-state index contributed by atoms with van der Waals surface area (Å²) in [6, 6.07) is 6.40. The van der Waals surface area contributed by atoms with Gasteiger partial charge in [-0.3, -0.25) is 4.79 Å². The van der Waals surface area contributed by atoms with Gasteiger partial charge < -0.3 is 9.64 Å². The first-order valence-corrected chi connectivity index (χ1v) is 6.93. The number of carbonyl (C=O) groups excluding carboxylic acids is 1. The standard InChI is InChI=1S/C16H23NO2/c1-17(2)11-14-8-7-13(10-16(14)19-3)12-5-4-6-15(18)9-12/h7-8,10,12H,4-6,9,11H2,1-3H3. The van der Waals surface area contributed by atoms with Crippen molar-refractivity contribution >= 4 is 5.78 Å². The zero-order chi connectivity index (χ0) is 13.8. The topological polar surface area (TPSA) is 29.5 Å². The summed E-state index contributed by atoms with van der Waals surface area (Å²) in [5, 5.41) is 0. The fraction of sp³-hybridized carbons (Fsp3) is 0.562. The summed E-state index contributed by atoms with van der Waals surface area (Å²) in [5.41, 5.74) is 2.44. The fourth-order valence-corrected chi connectivity index (χ4v) is 2.80. The van der Waals surface area contributed by atoms with Crippen molar-refractivity contribution in [2.24, 2.45) is 0 Å². The molecular weight excluding hydrogens is 238 g/mol. The maximum atomic E-state index is 11.6. The summed E-state index contributed by atoms with van der Waals surface area (Å²) in [6.07, 6.45) is 3.58. The molecule has 1 aromatic rings. The summed E-state index contributed by atoms with van der Waals surface area (Å²) in [7, 11) is 5.81. The van der Waals surface area contributed by atoms with Gasteiger partial charge in [0, 0.05) is 24.9 Å². The lowest BCUT2D eigenvalue weighted by molar-refractivity contribution is -0.120. The third-order valence-electron chi connectivity index (χ3n) is 3.75. The van der Waals surface area contributed by atoms with Gasteiger partial charge in [0.15, 0.2) is 0 Å². The second kappa shape index (κ2) is 6.20. The molecule has 2 rings (SSSR count). The Labute approximate surface area is 115 Å². The molecule has 1 aromatic carbocycles. The zero-order valence-corrected chi connectivity index (χ0v) is 12.1. The smallest absolute Gasteiger partial charge is 0.133 e. The highest BCUT2D eigenvalue weighted by Gasteiger charge is 2.21. The lowest BCUT2D eigenvalue weighted by Crippen LogP contribution is -2.14. The van der Waals surface area contributed by atoms with Crippen molar-refractivity contribution in [1.29, 1.82) is 0 Å². The van der Waals surface area contributed by atoms with Crippen LogP contribution in [0.15, 0.2) is 18.2 Å². The number of methoxy groups -OCH3 is 1. The maximum absolute atomic E-state index is 11.6. The van der Waals surface area contributed by atoms with Crippen LogP contribution in [0.4, 0.5) is 0 Å². The van der Waals surface area contributed by atoms with Crippen LogP contribution in [0.1, 0.15) is 42.7 Å². The van der Waals surface area contributed by atoms with Crippen molar-refractivity contribution in [3.63, 3.8) is 0 Å². The highest BCUT2D eigenvalue weighted by molar-refractivity contribution is 5.80. The Morgan fingerprint density at radius 1 is 1.37 bits per heavy atom. The van der Waals surface area contributed by atoms with Crippen LogP contribution in [0.2, 0.25) is 0 Å². The van der Waals surface area contributed by atoms with E-state index >= 15 is 0 Å². The van der Waals surface area contributed by atoms with Crippen molar-refractivity contribution in [3.8, 4) is 5.75 Å². The van der Waals surface area contributed by atoms with Crippen LogP contribution >= 0.6 is 0 Å². The number of ether oxygens (including phenoxy) is 1. The van der Waals surface area contributed by atoms with Gasteiger partial charge in [-0.2, -0.15) is 0 Å². The highest BCUT2D eigenvalue weighted by Crippen LogP contribution is 2.33. The Bertz CT molecular complexity index is 454. The molecule has 1 saturated carbocycles. The molecule has 0 aromatic heterocycles. The summed E-state index contributed by atoms with van der Waals surface area (Å²) in [5.74, 6) is 1.71. The average Bonchev–Trinajstić information content (AvgIpc) is 2.38. The minimum absolute atomic E-state index is 0.378. The van der Waals surface area contributed by atoms with E-state index in [1.54, 1.807) is 7.11 Å². The first kappa shape index (κ1) is 14.1. The molecule has 0 saturated heterocycles. The van der Waals surface area contributed by atoms with E-state index < -0.39 is 0 Å². The highest BCUT2D eigenvalue weighted by atomic mass is 16.5.